The van der Waals surface area contributed by atoms with Crippen LogP contribution in [0.5, 0.6) is 0 Å². The van der Waals surface area contributed by atoms with Crippen LogP contribution in [0.4, 0.5) is 0 Å². The lowest BCUT2D eigenvalue weighted by molar-refractivity contribution is 0.0883. The standard InChI is InChI=1S/C15H18N2O3S/c1-16-9-5-6-11(16)10-13-15(18)12-7-3-4-8-14(12)21(19,20)17(13)2/h3-9,13,15,18H,10H2,1-2H3/t13-,15-/m0/s1. The second-order valence-electron chi connectivity index (χ2n) is 5.39. The van der Waals surface area contributed by atoms with E-state index in [4.69, 9.17) is 0 Å². The highest BCUT2D eigenvalue weighted by molar-refractivity contribution is 7.89. The van der Waals surface area contributed by atoms with Crippen molar-refractivity contribution in [3.8, 4) is 0 Å². The lowest BCUT2D eigenvalue weighted by Crippen LogP contribution is -2.46. The van der Waals surface area contributed by atoms with Crippen LogP contribution in [0.15, 0.2) is 47.5 Å². The van der Waals surface area contributed by atoms with Crippen molar-refractivity contribution >= 4 is 10.0 Å². The van der Waals surface area contributed by atoms with Gasteiger partial charge in [-0.15, -0.1) is 0 Å². The molecule has 0 fully saturated rings. The van der Waals surface area contributed by atoms with Gasteiger partial charge in [-0.3, -0.25) is 0 Å². The molecule has 0 saturated carbocycles. The molecule has 0 spiro atoms. The molecular formula is C15H18N2O3S. The Hall–Kier alpha value is -1.63. The first-order chi connectivity index (χ1) is 9.93. The maximum absolute atomic E-state index is 12.6. The number of aryl methyl sites for hydroxylation is 1. The van der Waals surface area contributed by atoms with Gasteiger partial charge in [0, 0.05) is 38.0 Å². The fourth-order valence-electron chi connectivity index (χ4n) is 2.86. The Bertz CT molecular complexity index is 767. The molecule has 6 heteroatoms. The number of sulfonamides is 1. The summed E-state index contributed by atoms with van der Waals surface area (Å²) < 4.78 is 28.4. The van der Waals surface area contributed by atoms with Gasteiger partial charge in [0.25, 0.3) is 0 Å². The van der Waals surface area contributed by atoms with Crippen LogP contribution in [-0.2, 0) is 23.5 Å². The van der Waals surface area contributed by atoms with E-state index in [2.05, 4.69) is 0 Å². The molecule has 2 aromatic rings. The third kappa shape index (κ3) is 2.19. The van der Waals surface area contributed by atoms with E-state index in [1.54, 1.807) is 24.3 Å². The van der Waals surface area contributed by atoms with Crippen molar-refractivity contribution in [1.82, 2.24) is 8.87 Å². The molecule has 21 heavy (non-hydrogen) atoms. The molecule has 5 nitrogen and oxygen atoms in total. The minimum absolute atomic E-state index is 0.197. The van der Waals surface area contributed by atoms with Crippen LogP contribution < -0.4 is 0 Å². The number of hydrogen-bond donors (Lipinski definition) is 1. The van der Waals surface area contributed by atoms with Gasteiger partial charge in [-0.25, -0.2) is 8.42 Å². The number of likely N-dealkylation sites (N-methyl/N-ethyl adjacent to an activating group) is 1. The van der Waals surface area contributed by atoms with Gasteiger partial charge in [0.2, 0.25) is 10.0 Å². The van der Waals surface area contributed by atoms with Gasteiger partial charge in [0.05, 0.1) is 17.0 Å². The van der Waals surface area contributed by atoms with Crippen LogP contribution in [0, 0.1) is 0 Å². The van der Waals surface area contributed by atoms with Crippen molar-refractivity contribution in [2.75, 3.05) is 7.05 Å². The second kappa shape index (κ2) is 4.98. The number of benzene rings is 1. The van der Waals surface area contributed by atoms with E-state index < -0.39 is 22.2 Å². The highest BCUT2D eigenvalue weighted by atomic mass is 32.2. The summed E-state index contributed by atoms with van der Waals surface area (Å²) in [6.07, 6.45) is 1.55. The summed E-state index contributed by atoms with van der Waals surface area (Å²) in [4.78, 5) is 0.197. The maximum atomic E-state index is 12.6. The fraction of sp³-hybridized carbons (Fsp3) is 0.333. The molecule has 0 radical (unpaired) electrons. The van der Waals surface area contributed by atoms with Crippen LogP contribution in [0.2, 0.25) is 0 Å². The van der Waals surface area contributed by atoms with Crippen LogP contribution in [0.1, 0.15) is 17.4 Å². The topological polar surface area (TPSA) is 62.5 Å². The molecule has 2 heterocycles. The molecule has 1 N–H and O–H groups in total. The van der Waals surface area contributed by atoms with Gasteiger partial charge in [-0.1, -0.05) is 18.2 Å². The Morgan fingerprint density at radius 2 is 1.86 bits per heavy atom. The maximum Gasteiger partial charge on any atom is 0.243 e. The van der Waals surface area contributed by atoms with Crippen LogP contribution in [0.25, 0.3) is 0 Å². The number of aliphatic hydroxyl groups excluding tert-OH is 1. The Balaban J connectivity index is 2.06. The minimum Gasteiger partial charge on any atom is -0.387 e. The van der Waals surface area contributed by atoms with Gasteiger partial charge < -0.3 is 9.67 Å². The van der Waals surface area contributed by atoms with Gasteiger partial charge in [0.15, 0.2) is 0 Å². The van der Waals surface area contributed by atoms with Gasteiger partial charge >= 0.3 is 0 Å². The molecule has 0 aliphatic carbocycles. The number of aromatic nitrogens is 1. The molecule has 2 atom stereocenters. The number of aliphatic hydroxyl groups is 1. The van der Waals surface area contributed by atoms with Crippen molar-refractivity contribution in [3.05, 3.63) is 53.9 Å². The van der Waals surface area contributed by atoms with E-state index in [1.165, 1.54) is 11.4 Å². The minimum atomic E-state index is -3.55. The molecule has 1 aliphatic rings. The molecule has 0 amide bonds. The number of fused-ring (bicyclic) bond motifs is 1. The van der Waals surface area contributed by atoms with E-state index in [1.807, 2.05) is 29.9 Å². The number of hydrogen-bond acceptors (Lipinski definition) is 3. The van der Waals surface area contributed by atoms with Crippen molar-refractivity contribution in [2.24, 2.45) is 7.05 Å². The summed E-state index contributed by atoms with van der Waals surface area (Å²) in [6, 6.07) is 10.0. The Morgan fingerprint density at radius 1 is 1.14 bits per heavy atom. The van der Waals surface area contributed by atoms with Crippen LogP contribution in [-0.4, -0.2) is 35.5 Å². The molecular weight excluding hydrogens is 288 g/mol. The average molecular weight is 306 g/mol. The average Bonchev–Trinajstić information content (AvgIpc) is 2.87. The summed E-state index contributed by atoms with van der Waals surface area (Å²) in [5.41, 5.74) is 1.47. The smallest absolute Gasteiger partial charge is 0.243 e. The van der Waals surface area contributed by atoms with Crippen molar-refractivity contribution in [1.29, 1.82) is 0 Å². The first-order valence-electron chi connectivity index (χ1n) is 6.78. The largest absolute Gasteiger partial charge is 0.387 e. The van der Waals surface area contributed by atoms with Crippen molar-refractivity contribution < 1.29 is 13.5 Å². The predicted octanol–water partition coefficient (Wildman–Crippen LogP) is 1.30. The molecule has 112 valence electrons. The Labute approximate surface area is 124 Å². The van der Waals surface area contributed by atoms with Crippen LogP contribution in [0.3, 0.4) is 0 Å². The van der Waals surface area contributed by atoms with Gasteiger partial charge in [0.1, 0.15) is 0 Å². The van der Waals surface area contributed by atoms with E-state index >= 15 is 0 Å². The fourth-order valence-corrected chi connectivity index (χ4v) is 4.46. The molecule has 1 aromatic carbocycles. The zero-order chi connectivity index (χ0) is 15.2. The quantitative estimate of drug-likeness (QED) is 0.910. The molecule has 3 rings (SSSR count). The van der Waals surface area contributed by atoms with E-state index in [9.17, 15) is 13.5 Å². The lowest BCUT2D eigenvalue weighted by Gasteiger charge is -2.37. The lowest BCUT2D eigenvalue weighted by atomic mass is 9.98. The summed E-state index contributed by atoms with van der Waals surface area (Å²) in [7, 11) is -0.115. The zero-order valence-corrected chi connectivity index (χ0v) is 12.8. The van der Waals surface area contributed by atoms with Crippen molar-refractivity contribution in [2.45, 2.75) is 23.5 Å². The third-order valence-electron chi connectivity index (χ3n) is 4.20. The normalized spacial score (nSPS) is 24.7. The Kier molecular flexibility index (Phi) is 3.39. The summed E-state index contributed by atoms with van der Waals surface area (Å²) in [6.45, 7) is 0. The Morgan fingerprint density at radius 3 is 2.52 bits per heavy atom. The summed E-state index contributed by atoms with van der Waals surface area (Å²) >= 11 is 0. The second-order valence-corrected chi connectivity index (χ2v) is 7.35. The van der Waals surface area contributed by atoms with E-state index in [-0.39, 0.29) is 4.90 Å². The highest BCUT2D eigenvalue weighted by Crippen LogP contribution is 2.36. The molecule has 0 saturated heterocycles. The molecule has 1 aromatic heterocycles. The van der Waals surface area contributed by atoms with Gasteiger partial charge in [-0.2, -0.15) is 4.31 Å². The third-order valence-corrected chi connectivity index (χ3v) is 6.15. The predicted molar refractivity (Wildman–Crippen MR) is 79.3 cm³/mol. The summed E-state index contributed by atoms with van der Waals surface area (Å²) in [5.74, 6) is 0. The SMILES string of the molecule is CN1[C@@H](Cc2cccn2C)[C@@H](O)c2ccccc2S1(=O)=O. The first kappa shape index (κ1) is 14.3. The molecule has 0 bridgehead atoms. The first-order valence-corrected chi connectivity index (χ1v) is 8.22. The zero-order valence-electron chi connectivity index (χ0n) is 12.0. The highest BCUT2D eigenvalue weighted by Gasteiger charge is 2.41. The number of rotatable bonds is 2. The van der Waals surface area contributed by atoms with E-state index in [0.29, 0.717) is 12.0 Å². The monoisotopic (exact) mass is 306 g/mol. The van der Waals surface area contributed by atoms with Crippen molar-refractivity contribution in [3.63, 3.8) is 0 Å². The van der Waals surface area contributed by atoms with E-state index in [0.717, 1.165) is 5.69 Å². The molecule has 0 unspecified atom stereocenters. The molecule has 1 aliphatic heterocycles. The van der Waals surface area contributed by atoms with Gasteiger partial charge in [-0.05, 0) is 18.2 Å². The number of nitrogens with zero attached hydrogens (tertiary/aromatic N) is 2. The summed E-state index contributed by atoms with van der Waals surface area (Å²) in [5, 5.41) is 10.6. The van der Waals surface area contributed by atoms with Crippen LogP contribution >= 0.6 is 0 Å².